The van der Waals surface area contributed by atoms with Crippen molar-refractivity contribution in [2.45, 2.75) is 39.8 Å². The zero-order chi connectivity index (χ0) is 21.5. The first-order valence-electron chi connectivity index (χ1n) is 10.0. The number of carbonyl (C=O) groups is 1. The van der Waals surface area contributed by atoms with Crippen molar-refractivity contribution in [1.29, 1.82) is 0 Å². The van der Waals surface area contributed by atoms with Gasteiger partial charge in [-0.25, -0.2) is 9.78 Å². The van der Waals surface area contributed by atoms with Gasteiger partial charge in [0.25, 0.3) is 0 Å². The van der Waals surface area contributed by atoms with Crippen molar-refractivity contribution < 1.29 is 19.0 Å². The highest BCUT2D eigenvalue weighted by Gasteiger charge is 2.20. The van der Waals surface area contributed by atoms with Crippen LogP contribution in [0.15, 0.2) is 23.2 Å². The minimum Gasteiger partial charge on any atom is -0.490 e. The number of aryl methyl sites for hydroxylation is 1. The summed E-state index contributed by atoms with van der Waals surface area (Å²) in [6.45, 7) is 7.84. The van der Waals surface area contributed by atoms with Crippen LogP contribution in [0.25, 0.3) is 0 Å². The third-order valence-corrected chi connectivity index (χ3v) is 5.81. The molecule has 1 unspecified atom stereocenters. The Labute approximate surface area is 203 Å². The Kier molecular flexibility index (Phi) is 9.82. The van der Waals surface area contributed by atoms with E-state index in [1.54, 1.807) is 14.0 Å². The quantitative estimate of drug-likeness (QED) is 0.240. The first-order chi connectivity index (χ1) is 14.5. The molecule has 2 N–H and O–H groups in total. The Morgan fingerprint density at radius 1 is 1.32 bits per heavy atom. The largest absolute Gasteiger partial charge is 0.490 e. The molecule has 2 heterocycles. The lowest BCUT2D eigenvalue weighted by Crippen LogP contribution is -2.38. The monoisotopic (exact) mass is 560 g/mol. The minimum atomic E-state index is -0.331. The van der Waals surface area contributed by atoms with Crippen molar-refractivity contribution >= 4 is 47.2 Å². The number of aliphatic imine (C=N–C) groups is 1. The van der Waals surface area contributed by atoms with Gasteiger partial charge < -0.3 is 24.8 Å². The highest BCUT2D eigenvalue weighted by atomic mass is 127. The summed E-state index contributed by atoms with van der Waals surface area (Å²) in [6.07, 6.45) is 0.880. The van der Waals surface area contributed by atoms with Crippen molar-refractivity contribution in [2.24, 2.45) is 4.99 Å². The zero-order valence-electron chi connectivity index (χ0n) is 18.2. The lowest BCUT2D eigenvalue weighted by atomic mass is 10.2. The van der Waals surface area contributed by atoms with Gasteiger partial charge in [0.15, 0.2) is 17.5 Å². The number of nitrogens with zero attached hydrogens (tertiary/aromatic N) is 2. The number of aromatic nitrogens is 1. The first-order valence-corrected chi connectivity index (χ1v) is 10.8. The predicted molar refractivity (Wildman–Crippen MR) is 132 cm³/mol. The molecule has 0 bridgehead atoms. The molecule has 1 aromatic carbocycles. The second kappa shape index (κ2) is 12.1. The summed E-state index contributed by atoms with van der Waals surface area (Å²) >= 11 is 1.34. The summed E-state index contributed by atoms with van der Waals surface area (Å²) < 4.78 is 16.5. The van der Waals surface area contributed by atoms with Gasteiger partial charge in [0.1, 0.15) is 9.88 Å². The maximum Gasteiger partial charge on any atom is 0.350 e. The lowest BCUT2D eigenvalue weighted by Gasteiger charge is -2.17. The number of benzene rings is 1. The van der Waals surface area contributed by atoms with Gasteiger partial charge in [-0.05, 0) is 38.5 Å². The maximum atomic E-state index is 12.0. The molecular formula is C21H29IN4O4S. The van der Waals surface area contributed by atoms with Gasteiger partial charge in [0, 0.05) is 20.0 Å². The van der Waals surface area contributed by atoms with E-state index in [1.165, 1.54) is 11.3 Å². The van der Waals surface area contributed by atoms with E-state index in [9.17, 15) is 4.79 Å². The van der Waals surface area contributed by atoms with Gasteiger partial charge in [-0.3, -0.25) is 4.99 Å². The van der Waals surface area contributed by atoms with Gasteiger partial charge in [-0.15, -0.1) is 35.3 Å². The number of guanidine groups is 1. The number of esters is 1. The van der Waals surface area contributed by atoms with Crippen LogP contribution < -0.4 is 20.1 Å². The fraction of sp³-hybridized carbons (Fsp3) is 0.476. The Bertz CT molecular complexity index is 919. The van der Waals surface area contributed by atoms with E-state index in [2.05, 4.69) is 20.6 Å². The van der Waals surface area contributed by atoms with E-state index in [-0.39, 0.29) is 36.0 Å². The van der Waals surface area contributed by atoms with E-state index in [0.717, 1.165) is 28.5 Å². The number of hydrogen-bond acceptors (Lipinski definition) is 7. The van der Waals surface area contributed by atoms with E-state index in [4.69, 9.17) is 14.2 Å². The van der Waals surface area contributed by atoms with Crippen molar-refractivity contribution in [3.8, 4) is 11.5 Å². The van der Waals surface area contributed by atoms with Crippen molar-refractivity contribution in [3.63, 3.8) is 0 Å². The number of hydrogen-bond donors (Lipinski definition) is 2. The van der Waals surface area contributed by atoms with E-state index in [0.29, 0.717) is 42.9 Å². The van der Waals surface area contributed by atoms with E-state index in [1.807, 2.05) is 32.0 Å². The van der Waals surface area contributed by atoms with Gasteiger partial charge in [0.05, 0.1) is 31.6 Å². The Balaban J connectivity index is 0.00000341. The van der Waals surface area contributed by atoms with Crippen LogP contribution in [-0.2, 0) is 11.3 Å². The summed E-state index contributed by atoms with van der Waals surface area (Å²) in [7, 11) is 1.72. The number of fused-ring (bicyclic) bond motifs is 1. The van der Waals surface area contributed by atoms with Gasteiger partial charge in [-0.1, -0.05) is 6.07 Å². The molecule has 1 aromatic heterocycles. The van der Waals surface area contributed by atoms with Crippen molar-refractivity contribution in [1.82, 2.24) is 15.6 Å². The predicted octanol–water partition coefficient (Wildman–Crippen LogP) is 3.83. The average molecular weight is 560 g/mol. The second-order valence-electron chi connectivity index (χ2n) is 6.81. The van der Waals surface area contributed by atoms with Crippen LogP contribution in [0.5, 0.6) is 11.5 Å². The molecular weight excluding hydrogens is 531 g/mol. The van der Waals surface area contributed by atoms with Crippen LogP contribution >= 0.6 is 35.3 Å². The highest BCUT2D eigenvalue weighted by molar-refractivity contribution is 14.0. The number of halogens is 1. The van der Waals surface area contributed by atoms with Gasteiger partial charge in [0.2, 0.25) is 0 Å². The number of carbonyl (C=O) groups excluding carboxylic acids is 1. The molecule has 0 saturated carbocycles. The van der Waals surface area contributed by atoms with Crippen LogP contribution in [0.2, 0.25) is 0 Å². The number of thiazole rings is 1. The van der Waals surface area contributed by atoms with Crippen LogP contribution in [0.3, 0.4) is 0 Å². The highest BCUT2D eigenvalue weighted by Crippen LogP contribution is 2.30. The molecule has 31 heavy (non-hydrogen) atoms. The third-order valence-electron chi connectivity index (χ3n) is 4.49. The zero-order valence-corrected chi connectivity index (χ0v) is 21.3. The van der Waals surface area contributed by atoms with Crippen molar-refractivity contribution in [2.75, 3.05) is 26.9 Å². The maximum absolute atomic E-state index is 12.0. The normalized spacial score (nSPS) is 14.1. The summed E-state index contributed by atoms with van der Waals surface area (Å²) in [5, 5.41) is 7.42. The molecule has 3 rings (SSSR count). The van der Waals surface area contributed by atoms with Gasteiger partial charge in [-0.2, -0.15) is 0 Å². The molecule has 0 fully saturated rings. The first kappa shape index (κ1) is 25.2. The number of ether oxygens (including phenoxy) is 3. The number of rotatable bonds is 6. The molecule has 0 aliphatic carbocycles. The molecule has 1 aliphatic rings. The Hall–Kier alpha value is -2.08. The van der Waals surface area contributed by atoms with Crippen LogP contribution in [0.4, 0.5) is 0 Å². The summed E-state index contributed by atoms with van der Waals surface area (Å²) in [6, 6.07) is 5.81. The minimum absolute atomic E-state index is 0. The summed E-state index contributed by atoms with van der Waals surface area (Å²) in [5.74, 6) is 1.86. The fourth-order valence-corrected chi connectivity index (χ4v) is 3.92. The van der Waals surface area contributed by atoms with Crippen LogP contribution in [0, 0.1) is 6.92 Å². The van der Waals surface area contributed by atoms with Gasteiger partial charge >= 0.3 is 5.97 Å². The van der Waals surface area contributed by atoms with Crippen LogP contribution in [-0.4, -0.2) is 43.8 Å². The fourth-order valence-electron chi connectivity index (χ4n) is 2.95. The average Bonchev–Trinajstić information content (AvgIpc) is 2.98. The third kappa shape index (κ3) is 6.70. The SMILES string of the molecule is CCOC(=O)c1sc(C(C)NC(=NC)NCc2ccc3c(c2)OCCCO3)nc1C.I. The molecule has 8 nitrogen and oxygen atoms in total. The molecule has 10 heteroatoms. The molecule has 0 amide bonds. The second-order valence-corrected chi connectivity index (χ2v) is 7.84. The molecule has 2 aromatic rings. The molecule has 0 spiro atoms. The molecule has 1 atom stereocenters. The van der Waals surface area contributed by atoms with Crippen molar-refractivity contribution in [3.05, 3.63) is 39.3 Å². The summed E-state index contributed by atoms with van der Waals surface area (Å²) in [4.78, 5) is 21.4. The molecule has 0 radical (unpaired) electrons. The topological polar surface area (TPSA) is 94.1 Å². The number of nitrogens with one attached hydrogen (secondary N) is 2. The molecule has 1 aliphatic heterocycles. The molecule has 0 saturated heterocycles. The van der Waals surface area contributed by atoms with Crippen LogP contribution in [0.1, 0.15) is 52.2 Å². The Morgan fingerprint density at radius 2 is 2.06 bits per heavy atom. The van der Waals surface area contributed by atoms with E-state index >= 15 is 0 Å². The standard InChI is InChI=1S/C21H28N4O4S.HI/c1-5-27-20(26)18-13(2)24-19(30-18)14(3)25-21(22-4)23-12-15-7-8-16-17(11-15)29-10-6-9-28-16;/h7-8,11,14H,5-6,9-10,12H2,1-4H3,(H2,22,23,25);1H. The lowest BCUT2D eigenvalue weighted by molar-refractivity contribution is 0.0531. The van der Waals surface area contributed by atoms with E-state index < -0.39 is 0 Å². The Morgan fingerprint density at radius 3 is 2.77 bits per heavy atom. The smallest absolute Gasteiger partial charge is 0.350 e. The summed E-state index contributed by atoms with van der Waals surface area (Å²) in [5.41, 5.74) is 1.74. The molecule has 170 valence electrons.